The summed E-state index contributed by atoms with van der Waals surface area (Å²) in [5.41, 5.74) is 0. The van der Waals surface area contributed by atoms with Crippen LogP contribution in [0.2, 0.25) is 0 Å². The molecule has 1 aliphatic heterocycles. The molecule has 1 saturated heterocycles. The number of hydrogen-bond acceptors (Lipinski definition) is 3. The first kappa shape index (κ1) is 13.9. The number of ether oxygens (including phenoxy) is 2. The number of likely N-dealkylation sites (tertiary alicyclic amines) is 1. The van der Waals surface area contributed by atoms with Gasteiger partial charge in [0.1, 0.15) is 0 Å². The second kappa shape index (κ2) is 8.97. The molecule has 0 spiro atoms. The van der Waals surface area contributed by atoms with Gasteiger partial charge < -0.3 is 9.47 Å². The number of nitrogens with zero attached hydrogens (tertiary/aromatic N) is 1. The van der Waals surface area contributed by atoms with E-state index in [1.54, 1.807) is 0 Å². The Morgan fingerprint density at radius 3 is 2.69 bits per heavy atom. The van der Waals surface area contributed by atoms with Gasteiger partial charge in [-0.1, -0.05) is 13.3 Å². The largest absolute Gasteiger partial charge is 0.379 e. The van der Waals surface area contributed by atoms with E-state index in [9.17, 15) is 0 Å². The van der Waals surface area contributed by atoms with E-state index in [2.05, 4.69) is 11.8 Å². The van der Waals surface area contributed by atoms with Crippen LogP contribution in [0.1, 0.15) is 39.5 Å². The van der Waals surface area contributed by atoms with E-state index in [1.807, 2.05) is 6.92 Å². The van der Waals surface area contributed by atoms with Gasteiger partial charge in [-0.2, -0.15) is 0 Å². The second-order valence-electron chi connectivity index (χ2n) is 4.43. The van der Waals surface area contributed by atoms with Crippen molar-refractivity contribution in [3.8, 4) is 0 Å². The molecule has 1 atom stereocenters. The number of hydrogen-bond donors (Lipinski definition) is 0. The highest BCUT2D eigenvalue weighted by Crippen LogP contribution is 2.20. The average Bonchev–Trinajstić information content (AvgIpc) is 2.72. The molecule has 0 radical (unpaired) electrons. The van der Waals surface area contributed by atoms with Gasteiger partial charge in [0.2, 0.25) is 0 Å². The summed E-state index contributed by atoms with van der Waals surface area (Å²) in [5.74, 6) is 0. The van der Waals surface area contributed by atoms with E-state index in [0.717, 1.165) is 39.0 Å². The first-order valence-electron chi connectivity index (χ1n) is 6.78. The van der Waals surface area contributed by atoms with Gasteiger partial charge >= 0.3 is 0 Å². The molecule has 0 aromatic carbocycles. The van der Waals surface area contributed by atoms with E-state index in [1.165, 1.54) is 32.2 Å². The maximum absolute atomic E-state index is 5.56. The summed E-state index contributed by atoms with van der Waals surface area (Å²) >= 11 is 0. The van der Waals surface area contributed by atoms with Crippen molar-refractivity contribution in [1.82, 2.24) is 4.90 Å². The molecule has 0 aromatic heterocycles. The van der Waals surface area contributed by atoms with Gasteiger partial charge in [-0.3, -0.25) is 4.90 Å². The Morgan fingerprint density at radius 2 is 1.94 bits per heavy atom. The number of rotatable bonds is 9. The summed E-state index contributed by atoms with van der Waals surface area (Å²) in [7, 11) is 0. The Hall–Kier alpha value is -0.120. The van der Waals surface area contributed by atoms with Crippen LogP contribution in [0.25, 0.3) is 0 Å². The molecule has 16 heavy (non-hydrogen) atoms. The molecule has 1 fully saturated rings. The van der Waals surface area contributed by atoms with Gasteiger partial charge in [0.25, 0.3) is 0 Å². The third-order valence-corrected chi connectivity index (χ3v) is 3.22. The van der Waals surface area contributed by atoms with Crippen molar-refractivity contribution in [3.63, 3.8) is 0 Å². The van der Waals surface area contributed by atoms with Crippen molar-refractivity contribution in [2.45, 2.75) is 45.6 Å². The Kier molecular flexibility index (Phi) is 7.81. The maximum atomic E-state index is 5.56. The highest BCUT2D eigenvalue weighted by molar-refractivity contribution is 4.78. The van der Waals surface area contributed by atoms with Crippen LogP contribution in [0, 0.1) is 0 Å². The van der Waals surface area contributed by atoms with Gasteiger partial charge in [-0.15, -0.1) is 0 Å². The monoisotopic (exact) mass is 229 g/mol. The maximum Gasteiger partial charge on any atom is 0.0701 e. The molecule has 0 aromatic rings. The molecular formula is C13H27NO2. The third-order valence-electron chi connectivity index (χ3n) is 3.22. The van der Waals surface area contributed by atoms with Crippen LogP contribution in [0.15, 0.2) is 0 Å². The van der Waals surface area contributed by atoms with Crippen LogP contribution in [-0.4, -0.2) is 50.5 Å². The van der Waals surface area contributed by atoms with Crippen LogP contribution in [0.3, 0.4) is 0 Å². The highest BCUT2D eigenvalue weighted by atomic mass is 16.5. The molecule has 0 aliphatic carbocycles. The fourth-order valence-electron chi connectivity index (χ4n) is 2.40. The normalized spacial score (nSPS) is 21.8. The van der Waals surface area contributed by atoms with Gasteiger partial charge in [-0.25, -0.2) is 0 Å². The minimum Gasteiger partial charge on any atom is -0.379 e. The fourth-order valence-corrected chi connectivity index (χ4v) is 2.40. The molecule has 96 valence electrons. The molecule has 3 nitrogen and oxygen atoms in total. The molecule has 0 amide bonds. The zero-order chi connectivity index (χ0) is 11.6. The van der Waals surface area contributed by atoms with Crippen LogP contribution in [-0.2, 0) is 9.47 Å². The van der Waals surface area contributed by atoms with Crippen molar-refractivity contribution in [2.24, 2.45) is 0 Å². The standard InChI is InChI=1S/C13H27NO2/c1-3-6-13-7-5-8-14(13)9-10-16-12-11-15-4-2/h13H,3-12H2,1-2H3. The summed E-state index contributed by atoms with van der Waals surface area (Å²) in [6.07, 6.45) is 5.39. The van der Waals surface area contributed by atoms with Crippen molar-refractivity contribution in [1.29, 1.82) is 0 Å². The van der Waals surface area contributed by atoms with Gasteiger partial charge in [-0.05, 0) is 32.7 Å². The van der Waals surface area contributed by atoms with E-state index >= 15 is 0 Å². The van der Waals surface area contributed by atoms with Crippen molar-refractivity contribution >= 4 is 0 Å². The van der Waals surface area contributed by atoms with E-state index in [0.29, 0.717) is 0 Å². The summed E-state index contributed by atoms with van der Waals surface area (Å²) in [5, 5.41) is 0. The topological polar surface area (TPSA) is 21.7 Å². The minimum atomic E-state index is 0.731. The van der Waals surface area contributed by atoms with E-state index in [4.69, 9.17) is 9.47 Å². The van der Waals surface area contributed by atoms with Gasteiger partial charge in [0.05, 0.1) is 19.8 Å². The molecule has 1 heterocycles. The lowest BCUT2D eigenvalue weighted by atomic mass is 10.1. The Labute approximate surface area is 100 Å². The smallest absolute Gasteiger partial charge is 0.0701 e. The van der Waals surface area contributed by atoms with Crippen molar-refractivity contribution in [3.05, 3.63) is 0 Å². The van der Waals surface area contributed by atoms with Crippen LogP contribution >= 0.6 is 0 Å². The van der Waals surface area contributed by atoms with E-state index in [-0.39, 0.29) is 0 Å². The van der Waals surface area contributed by atoms with E-state index < -0.39 is 0 Å². The predicted octanol–water partition coefficient (Wildman–Crippen LogP) is 2.30. The molecule has 0 saturated carbocycles. The lowest BCUT2D eigenvalue weighted by molar-refractivity contribution is 0.0410. The SMILES string of the molecule is CCCC1CCCN1CCOCCOCC. The molecule has 3 heteroatoms. The lowest BCUT2D eigenvalue weighted by Gasteiger charge is -2.23. The lowest BCUT2D eigenvalue weighted by Crippen LogP contribution is -2.32. The molecular weight excluding hydrogens is 202 g/mol. The average molecular weight is 229 g/mol. The summed E-state index contributed by atoms with van der Waals surface area (Å²) in [6, 6.07) is 0.820. The van der Waals surface area contributed by atoms with Gasteiger partial charge in [0.15, 0.2) is 0 Å². The summed E-state index contributed by atoms with van der Waals surface area (Å²) < 4.78 is 10.8. The molecule has 1 unspecified atom stereocenters. The molecule has 0 bridgehead atoms. The fraction of sp³-hybridized carbons (Fsp3) is 1.00. The predicted molar refractivity (Wildman–Crippen MR) is 66.8 cm³/mol. The zero-order valence-electron chi connectivity index (χ0n) is 10.9. The van der Waals surface area contributed by atoms with Crippen molar-refractivity contribution < 1.29 is 9.47 Å². The minimum absolute atomic E-state index is 0.731. The van der Waals surface area contributed by atoms with Gasteiger partial charge in [0, 0.05) is 19.2 Å². The van der Waals surface area contributed by atoms with Crippen molar-refractivity contribution in [2.75, 3.05) is 39.5 Å². The van der Waals surface area contributed by atoms with Crippen LogP contribution in [0.5, 0.6) is 0 Å². The Bertz CT molecular complexity index is 164. The first-order valence-corrected chi connectivity index (χ1v) is 6.78. The third kappa shape index (κ3) is 5.28. The Morgan fingerprint density at radius 1 is 1.12 bits per heavy atom. The van der Waals surface area contributed by atoms with Crippen LogP contribution < -0.4 is 0 Å². The Balaban J connectivity index is 1.99. The first-order chi connectivity index (χ1) is 7.88. The molecule has 1 aliphatic rings. The van der Waals surface area contributed by atoms with Crippen LogP contribution in [0.4, 0.5) is 0 Å². The summed E-state index contributed by atoms with van der Waals surface area (Å²) in [6.45, 7) is 9.75. The quantitative estimate of drug-likeness (QED) is 0.566. The highest BCUT2D eigenvalue weighted by Gasteiger charge is 2.22. The molecule has 1 rings (SSSR count). The molecule has 0 N–H and O–H groups in total. The zero-order valence-corrected chi connectivity index (χ0v) is 10.9. The second-order valence-corrected chi connectivity index (χ2v) is 4.43. The summed E-state index contributed by atoms with van der Waals surface area (Å²) in [4.78, 5) is 2.59.